The van der Waals surface area contributed by atoms with Crippen molar-refractivity contribution in [3.05, 3.63) is 28.5 Å². The van der Waals surface area contributed by atoms with E-state index in [1.54, 1.807) is 0 Å². The van der Waals surface area contributed by atoms with Crippen LogP contribution in [0.15, 0.2) is 22.7 Å². The van der Waals surface area contributed by atoms with E-state index in [1.807, 2.05) is 6.92 Å². The van der Waals surface area contributed by atoms with Crippen LogP contribution in [0.2, 0.25) is 0 Å². The lowest BCUT2D eigenvalue weighted by molar-refractivity contribution is 0.257. The van der Waals surface area contributed by atoms with E-state index in [2.05, 4.69) is 45.6 Å². The van der Waals surface area contributed by atoms with Gasteiger partial charge in [-0.05, 0) is 49.8 Å². The van der Waals surface area contributed by atoms with Crippen LogP contribution in [0.5, 0.6) is 0 Å². The molecule has 0 bridgehead atoms. The smallest absolute Gasteiger partial charge is 0.127 e. The topological polar surface area (TPSA) is 17.8 Å². The van der Waals surface area contributed by atoms with Gasteiger partial charge in [-0.25, -0.2) is 4.98 Å². The minimum atomic E-state index is -0.0582. The SMILES string of the molecule is CC1CCCC(Cn2c(C(C)Cl)nc3cc(Br)ccc32)C1. The third kappa shape index (κ3) is 3.29. The normalized spacial score (nSPS) is 24.4. The van der Waals surface area contributed by atoms with Gasteiger partial charge in [0.1, 0.15) is 5.82 Å². The number of aromatic nitrogens is 2. The molecule has 4 heteroatoms. The summed E-state index contributed by atoms with van der Waals surface area (Å²) < 4.78 is 3.42. The summed E-state index contributed by atoms with van der Waals surface area (Å²) >= 11 is 9.90. The number of hydrogen-bond acceptors (Lipinski definition) is 1. The Balaban J connectivity index is 1.97. The number of alkyl halides is 1. The molecule has 1 aromatic heterocycles. The standard InChI is InChI=1S/C17H22BrClN2/c1-11-4-3-5-13(8-11)10-21-16-7-6-14(18)9-15(16)20-17(21)12(2)19/h6-7,9,11-13H,3-5,8,10H2,1-2H3. The lowest BCUT2D eigenvalue weighted by atomic mass is 9.82. The Kier molecular flexibility index (Phi) is 4.60. The van der Waals surface area contributed by atoms with Gasteiger partial charge in [0.05, 0.1) is 16.4 Å². The highest BCUT2D eigenvalue weighted by Gasteiger charge is 2.22. The first-order valence-electron chi connectivity index (χ1n) is 7.84. The second-order valence-electron chi connectivity index (χ2n) is 6.47. The maximum Gasteiger partial charge on any atom is 0.127 e. The summed E-state index contributed by atoms with van der Waals surface area (Å²) in [4.78, 5) is 4.76. The predicted molar refractivity (Wildman–Crippen MR) is 92.8 cm³/mol. The summed E-state index contributed by atoms with van der Waals surface area (Å²) in [7, 11) is 0. The van der Waals surface area contributed by atoms with Gasteiger partial charge in [0.2, 0.25) is 0 Å². The molecule has 1 fully saturated rings. The molecule has 1 aromatic carbocycles. The summed E-state index contributed by atoms with van der Waals surface area (Å²) in [6, 6.07) is 6.33. The van der Waals surface area contributed by atoms with Gasteiger partial charge in [-0.15, -0.1) is 11.6 Å². The molecule has 0 N–H and O–H groups in total. The predicted octanol–water partition coefficient (Wildman–Crippen LogP) is 5.92. The van der Waals surface area contributed by atoms with Crippen molar-refractivity contribution in [1.82, 2.24) is 9.55 Å². The minimum absolute atomic E-state index is 0.0582. The second kappa shape index (κ2) is 6.29. The number of nitrogens with zero attached hydrogens (tertiary/aromatic N) is 2. The average Bonchev–Trinajstić information content (AvgIpc) is 2.77. The van der Waals surface area contributed by atoms with Crippen molar-refractivity contribution in [2.24, 2.45) is 11.8 Å². The minimum Gasteiger partial charge on any atom is -0.326 e. The molecular formula is C17H22BrClN2. The quantitative estimate of drug-likeness (QED) is 0.613. The Bertz CT molecular complexity index is 635. The van der Waals surface area contributed by atoms with Crippen LogP contribution in [0.3, 0.4) is 0 Å². The summed E-state index contributed by atoms with van der Waals surface area (Å²) in [6.45, 7) is 5.44. The molecule has 1 aliphatic carbocycles. The van der Waals surface area contributed by atoms with Crippen LogP contribution < -0.4 is 0 Å². The van der Waals surface area contributed by atoms with E-state index in [1.165, 1.54) is 31.2 Å². The van der Waals surface area contributed by atoms with E-state index in [4.69, 9.17) is 16.6 Å². The Labute approximate surface area is 140 Å². The van der Waals surface area contributed by atoms with Gasteiger partial charge in [-0.3, -0.25) is 0 Å². The Morgan fingerprint density at radius 1 is 1.43 bits per heavy atom. The Hall–Kier alpha value is -0.540. The van der Waals surface area contributed by atoms with Crippen molar-refractivity contribution in [3.8, 4) is 0 Å². The van der Waals surface area contributed by atoms with Gasteiger partial charge >= 0.3 is 0 Å². The molecule has 1 heterocycles. The average molecular weight is 370 g/mol. The van der Waals surface area contributed by atoms with Gasteiger partial charge in [0.25, 0.3) is 0 Å². The van der Waals surface area contributed by atoms with Crippen molar-refractivity contribution in [1.29, 1.82) is 0 Å². The largest absolute Gasteiger partial charge is 0.326 e. The molecule has 0 aliphatic heterocycles. The van der Waals surface area contributed by atoms with E-state index < -0.39 is 0 Å². The first-order valence-corrected chi connectivity index (χ1v) is 9.07. The molecule has 0 saturated heterocycles. The molecular weight excluding hydrogens is 348 g/mol. The fourth-order valence-electron chi connectivity index (χ4n) is 3.60. The zero-order chi connectivity index (χ0) is 15.0. The third-order valence-electron chi connectivity index (χ3n) is 4.58. The van der Waals surface area contributed by atoms with Crippen LogP contribution in [0.4, 0.5) is 0 Å². The van der Waals surface area contributed by atoms with E-state index in [9.17, 15) is 0 Å². The molecule has 0 radical (unpaired) electrons. The van der Waals surface area contributed by atoms with Gasteiger partial charge in [0.15, 0.2) is 0 Å². The molecule has 2 aromatic rings. The molecule has 2 nitrogen and oxygen atoms in total. The molecule has 1 saturated carbocycles. The van der Waals surface area contributed by atoms with E-state index in [-0.39, 0.29) is 5.38 Å². The van der Waals surface area contributed by atoms with Crippen LogP contribution in [0.25, 0.3) is 11.0 Å². The number of benzene rings is 1. The highest BCUT2D eigenvalue weighted by molar-refractivity contribution is 9.10. The fraction of sp³-hybridized carbons (Fsp3) is 0.588. The lowest BCUT2D eigenvalue weighted by Crippen LogP contribution is -2.19. The lowest BCUT2D eigenvalue weighted by Gasteiger charge is -2.28. The van der Waals surface area contributed by atoms with E-state index in [0.717, 1.165) is 34.2 Å². The van der Waals surface area contributed by atoms with Crippen LogP contribution in [0.1, 0.15) is 50.7 Å². The Morgan fingerprint density at radius 2 is 2.24 bits per heavy atom. The summed E-state index contributed by atoms with van der Waals surface area (Å²) in [6.07, 6.45) is 5.39. The molecule has 0 spiro atoms. The van der Waals surface area contributed by atoms with Crippen molar-refractivity contribution in [2.45, 2.75) is 51.5 Å². The highest BCUT2D eigenvalue weighted by Crippen LogP contribution is 2.33. The number of rotatable bonds is 3. The van der Waals surface area contributed by atoms with Gasteiger partial charge in [-0.1, -0.05) is 35.7 Å². The van der Waals surface area contributed by atoms with Crippen molar-refractivity contribution in [2.75, 3.05) is 0 Å². The second-order valence-corrected chi connectivity index (χ2v) is 8.04. The van der Waals surface area contributed by atoms with Crippen LogP contribution in [-0.4, -0.2) is 9.55 Å². The number of fused-ring (bicyclic) bond motifs is 1. The molecule has 3 rings (SSSR count). The monoisotopic (exact) mass is 368 g/mol. The van der Waals surface area contributed by atoms with Crippen LogP contribution >= 0.6 is 27.5 Å². The van der Waals surface area contributed by atoms with Crippen LogP contribution in [0, 0.1) is 11.8 Å². The van der Waals surface area contributed by atoms with Crippen molar-refractivity contribution >= 4 is 38.6 Å². The molecule has 3 unspecified atom stereocenters. The maximum absolute atomic E-state index is 6.37. The van der Waals surface area contributed by atoms with Gasteiger partial charge in [0, 0.05) is 11.0 Å². The summed E-state index contributed by atoms with van der Waals surface area (Å²) in [5.74, 6) is 2.61. The highest BCUT2D eigenvalue weighted by atomic mass is 79.9. The first-order chi connectivity index (χ1) is 10.0. The fourth-order valence-corrected chi connectivity index (χ4v) is 4.12. The van der Waals surface area contributed by atoms with Crippen LogP contribution in [-0.2, 0) is 6.54 Å². The molecule has 21 heavy (non-hydrogen) atoms. The van der Waals surface area contributed by atoms with Crippen molar-refractivity contribution in [3.63, 3.8) is 0 Å². The number of halogens is 2. The summed E-state index contributed by atoms with van der Waals surface area (Å²) in [5, 5.41) is -0.0582. The zero-order valence-electron chi connectivity index (χ0n) is 12.6. The Morgan fingerprint density at radius 3 is 2.95 bits per heavy atom. The first kappa shape index (κ1) is 15.4. The van der Waals surface area contributed by atoms with Crippen molar-refractivity contribution < 1.29 is 0 Å². The number of imidazole rings is 1. The van der Waals surface area contributed by atoms with E-state index in [0.29, 0.717) is 0 Å². The van der Waals surface area contributed by atoms with Gasteiger partial charge < -0.3 is 4.57 Å². The summed E-state index contributed by atoms with van der Waals surface area (Å²) in [5.41, 5.74) is 2.25. The zero-order valence-corrected chi connectivity index (χ0v) is 15.0. The molecule has 3 atom stereocenters. The molecule has 0 amide bonds. The molecule has 1 aliphatic rings. The van der Waals surface area contributed by atoms with E-state index >= 15 is 0 Å². The third-order valence-corrected chi connectivity index (χ3v) is 5.27. The number of hydrogen-bond donors (Lipinski definition) is 0. The van der Waals surface area contributed by atoms with Gasteiger partial charge in [-0.2, -0.15) is 0 Å². The maximum atomic E-state index is 6.37. The molecule has 114 valence electrons.